The first-order chi connectivity index (χ1) is 12.4. The Bertz CT molecular complexity index is 808. The van der Waals surface area contributed by atoms with Gasteiger partial charge in [0.15, 0.2) is 11.2 Å². The van der Waals surface area contributed by atoms with Gasteiger partial charge >= 0.3 is 12.6 Å². The summed E-state index contributed by atoms with van der Waals surface area (Å²) in [6, 6.07) is 2.83. The van der Waals surface area contributed by atoms with Gasteiger partial charge in [0.25, 0.3) is 0 Å². The number of ether oxygens (including phenoxy) is 2. The lowest BCUT2D eigenvalue weighted by molar-refractivity contribution is -0.147. The lowest BCUT2D eigenvalue weighted by Crippen LogP contribution is -2.56. The summed E-state index contributed by atoms with van der Waals surface area (Å²) in [6.45, 7) is -1.19. The fraction of sp³-hybridized carbons (Fsp3) is 0.429. The molecule has 0 radical (unpaired) electrons. The van der Waals surface area contributed by atoms with Crippen molar-refractivity contribution in [1.82, 2.24) is 20.0 Å². The minimum absolute atomic E-state index is 0.137. The van der Waals surface area contributed by atoms with Crippen molar-refractivity contribution < 1.29 is 23.0 Å². The van der Waals surface area contributed by atoms with Crippen molar-refractivity contribution in [3.8, 4) is 5.88 Å². The van der Waals surface area contributed by atoms with Crippen LogP contribution >= 0.6 is 0 Å². The van der Waals surface area contributed by atoms with E-state index in [0.717, 1.165) is 4.68 Å². The molecule has 0 fully saturated rings. The Hall–Kier alpha value is -3.02. The van der Waals surface area contributed by atoms with Crippen LogP contribution in [0.25, 0.3) is 0 Å². The van der Waals surface area contributed by atoms with E-state index in [9.17, 15) is 13.6 Å². The summed E-state index contributed by atoms with van der Waals surface area (Å²) in [5, 5.41) is 16.0. The molecular weight excluding hydrogens is 352 g/mol. The molecule has 2 unspecified atom stereocenters. The highest BCUT2D eigenvalue weighted by atomic mass is 19.3. The van der Waals surface area contributed by atoms with Crippen LogP contribution in [-0.2, 0) is 22.0 Å². The maximum atomic E-state index is 12.7. The predicted octanol–water partition coefficient (Wildman–Crippen LogP) is 0.336. The molecule has 3 heterocycles. The molecule has 10 nitrogen and oxygen atoms in total. The van der Waals surface area contributed by atoms with Gasteiger partial charge in [0.1, 0.15) is 6.17 Å². The summed E-state index contributed by atoms with van der Waals surface area (Å²) in [7, 11) is 1.43. The lowest BCUT2D eigenvalue weighted by atomic mass is 9.83. The first kappa shape index (κ1) is 17.8. The molecule has 0 amide bonds. The second kappa shape index (κ2) is 6.71. The molecule has 0 bridgehead atoms. The Kier molecular flexibility index (Phi) is 4.59. The molecule has 3 N–H and O–H groups in total. The highest BCUT2D eigenvalue weighted by Gasteiger charge is 2.54. The summed E-state index contributed by atoms with van der Waals surface area (Å²) in [6.07, 6.45) is 1.75. The maximum absolute atomic E-state index is 12.7. The molecule has 0 spiro atoms. The molecule has 0 saturated carbocycles. The lowest BCUT2D eigenvalue weighted by Gasteiger charge is -2.30. The van der Waals surface area contributed by atoms with Crippen molar-refractivity contribution in [2.75, 3.05) is 11.6 Å². The van der Waals surface area contributed by atoms with Crippen LogP contribution in [0, 0.1) is 0 Å². The van der Waals surface area contributed by atoms with Gasteiger partial charge in [-0.15, -0.1) is 0 Å². The minimum atomic E-state index is -3.00. The largest absolute Gasteiger partial charge is 0.465 e. The van der Waals surface area contributed by atoms with Gasteiger partial charge in [0, 0.05) is 19.3 Å². The first-order valence-electron chi connectivity index (χ1n) is 7.66. The van der Waals surface area contributed by atoms with Crippen molar-refractivity contribution in [2.24, 2.45) is 17.9 Å². The zero-order chi connectivity index (χ0) is 18.9. The molecule has 26 heavy (non-hydrogen) atoms. The molecule has 1 aliphatic rings. The number of hydrogen-bond donors (Lipinski definition) is 2. The molecule has 3 rings (SSSR count). The number of carbonyl (C=O) groups excluding carboxylic acids is 1. The van der Waals surface area contributed by atoms with Gasteiger partial charge in [-0.05, 0) is 13.0 Å². The Balaban J connectivity index is 1.96. The number of H-pyrrole nitrogens is 1. The Labute approximate surface area is 146 Å². The Morgan fingerprint density at radius 1 is 1.54 bits per heavy atom. The van der Waals surface area contributed by atoms with E-state index in [2.05, 4.69) is 25.1 Å². The number of halogens is 2. The molecule has 2 atom stereocenters. The highest BCUT2D eigenvalue weighted by Crippen LogP contribution is 2.35. The molecule has 12 heteroatoms. The molecule has 140 valence electrons. The fourth-order valence-electron chi connectivity index (χ4n) is 2.69. The van der Waals surface area contributed by atoms with Gasteiger partial charge < -0.3 is 15.2 Å². The number of alkyl halides is 2. The van der Waals surface area contributed by atoms with Crippen LogP contribution in [0.15, 0.2) is 23.4 Å². The number of nitrogens with two attached hydrogens (primary N) is 1. The third kappa shape index (κ3) is 2.77. The summed E-state index contributed by atoms with van der Waals surface area (Å²) in [5.41, 5.74) is 5.22. The van der Waals surface area contributed by atoms with E-state index in [0.29, 0.717) is 5.69 Å². The third-order valence-electron chi connectivity index (χ3n) is 3.94. The molecule has 2 aromatic rings. The second-order valence-corrected chi connectivity index (χ2v) is 5.44. The zero-order valence-electron chi connectivity index (χ0n) is 14.0. The van der Waals surface area contributed by atoms with Gasteiger partial charge in [-0.3, -0.25) is 9.89 Å². The van der Waals surface area contributed by atoms with E-state index < -0.39 is 24.2 Å². The summed E-state index contributed by atoms with van der Waals surface area (Å²) in [5.74, 6) is -0.659. The molecule has 1 aliphatic heterocycles. The maximum Gasteiger partial charge on any atom is 0.388 e. The van der Waals surface area contributed by atoms with Gasteiger partial charge in [-0.1, -0.05) is 0 Å². The van der Waals surface area contributed by atoms with E-state index in [-0.39, 0.29) is 18.3 Å². The first-order valence-corrected chi connectivity index (χ1v) is 7.66. The van der Waals surface area contributed by atoms with Crippen molar-refractivity contribution in [3.63, 3.8) is 0 Å². The second-order valence-electron chi connectivity index (χ2n) is 5.44. The number of hydrazone groups is 1. The summed E-state index contributed by atoms with van der Waals surface area (Å²) < 4.78 is 35.6. The third-order valence-corrected chi connectivity index (χ3v) is 3.94. The van der Waals surface area contributed by atoms with E-state index in [4.69, 9.17) is 10.5 Å². The van der Waals surface area contributed by atoms with Crippen LogP contribution in [0.2, 0.25) is 0 Å². The zero-order valence-corrected chi connectivity index (χ0v) is 14.0. The predicted molar refractivity (Wildman–Crippen MR) is 85.7 cm³/mol. The smallest absolute Gasteiger partial charge is 0.388 e. The molecular formula is C14H17F2N7O3. The Morgan fingerprint density at radius 3 is 2.92 bits per heavy atom. The number of nitrogens with one attached hydrogen (secondary N) is 1. The van der Waals surface area contributed by atoms with E-state index in [1.165, 1.54) is 30.5 Å². The fourth-order valence-corrected chi connectivity index (χ4v) is 2.69. The van der Waals surface area contributed by atoms with Crippen molar-refractivity contribution in [3.05, 3.63) is 24.0 Å². The van der Waals surface area contributed by atoms with Crippen LogP contribution in [0.1, 0.15) is 12.6 Å². The van der Waals surface area contributed by atoms with Gasteiger partial charge in [-0.2, -0.15) is 24.1 Å². The Morgan fingerprint density at radius 2 is 2.31 bits per heavy atom. The topological polar surface area (TPSA) is 124 Å². The van der Waals surface area contributed by atoms with E-state index in [1.807, 2.05) is 0 Å². The van der Waals surface area contributed by atoms with Crippen molar-refractivity contribution in [1.29, 1.82) is 0 Å². The quantitative estimate of drug-likeness (QED) is 0.704. The average Bonchev–Trinajstić information content (AvgIpc) is 3.28. The number of rotatable bonds is 6. The van der Waals surface area contributed by atoms with E-state index >= 15 is 0 Å². The number of nitrogens with zero attached hydrogens (tertiary/aromatic N) is 5. The molecule has 2 aromatic heterocycles. The van der Waals surface area contributed by atoms with Gasteiger partial charge in [0.2, 0.25) is 5.88 Å². The summed E-state index contributed by atoms with van der Waals surface area (Å²) in [4.78, 5) is 12.7. The number of hydrogen-bond acceptors (Lipinski definition) is 8. The molecule has 0 saturated heterocycles. The standard InChI is InChI=1S/C14H17F2N7O3/c1-3-25-12(24)14(8-4-5-18-20-8)7-19-23(11(14)17)9-6-10(22(2)21-9)26-13(15)16/h4-7,11,13H,3,17H2,1-2H3,(H,18,20). The summed E-state index contributed by atoms with van der Waals surface area (Å²) >= 11 is 0. The van der Waals surface area contributed by atoms with Gasteiger partial charge in [-0.25, -0.2) is 9.69 Å². The highest BCUT2D eigenvalue weighted by molar-refractivity contribution is 6.04. The number of aryl methyl sites for hydroxylation is 1. The number of carbonyl (C=O) groups is 1. The van der Waals surface area contributed by atoms with Crippen LogP contribution in [0.5, 0.6) is 5.88 Å². The average molecular weight is 369 g/mol. The number of aromatic nitrogens is 4. The minimum Gasteiger partial charge on any atom is -0.465 e. The normalized spacial score (nSPS) is 22.2. The SMILES string of the molecule is CCOC(=O)C1(c2ccn[nH]2)C=NN(c2cc(OC(F)F)n(C)n2)C1N. The van der Waals surface area contributed by atoms with Crippen LogP contribution < -0.4 is 15.5 Å². The van der Waals surface area contributed by atoms with Crippen LogP contribution in [0.4, 0.5) is 14.6 Å². The van der Waals surface area contributed by atoms with Crippen molar-refractivity contribution >= 4 is 18.0 Å². The molecule has 0 aromatic carbocycles. The van der Waals surface area contributed by atoms with Gasteiger partial charge in [0.05, 0.1) is 18.5 Å². The number of esters is 1. The van der Waals surface area contributed by atoms with Crippen LogP contribution in [0.3, 0.4) is 0 Å². The van der Waals surface area contributed by atoms with Crippen LogP contribution in [-0.4, -0.2) is 51.5 Å². The van der Waals surface area contributed by atoms with E-state index in [1.54, 1.807) is 13.0 Å². The number of anilines is 1. The monoisotopic (exact) mass is 369 g/mol. The molecule has 0 aliphatic carbocycles. The van der Waals surface area contributed by atoms with Crippen molar-refractivity contribution in [2.45, 2.75) is 25.1 Å². The number of aromatic amines is 1.